The number of aryl methyl sites for hydroxylation is 1. The van der Waals surface area contributed by atoms with Crippen molar-refractivity contribution in [1.29, 1.82) is 0 Å². The quantitative estimate of drug-likeness (QED) is 0.850. The van der Waals surface area contributed by atoms with Crippen LogP contribution in [0.2, 0.25) is 0 Å². The molecule has 0 saturated heterocycles. The van der Waals surface area contributed by atoms with Crippen molar-refractivity contribution in [2.45, 2.75) is 47.0 Å². The molecule has 2 heteroatoms. The molecule has 2 nitrogen and oxygen atoms in total. The molecule has 1 heterocycles. The van der Waals surface area contributed by atoms with Crippen LogP contribution in [0.1, 0.15) is 49.9 Å². The Morgan fingerprint density at radius 1 is 1.21 bits per heavy atom. The molecule has 0 atom stereocenters. The van der Waals surface area contributed by atoms with E-state index in [2.05, 4.69) is 58.1 Å². The van der Waals surface area contributed by atoms with Gasteiger partial charge in [0.05, 0.1) is 5.52 Å². The van der Waals surface area contributed by atoms with E-state index in [9.17, 15) is 0 Å². The summed E-state index contributed by atoms with van der Waals surface area (Å²) in [5.41, 5.74) is 6.10. The Morgan fingerprint density at radius 2 is 1.95 bits per heavy atom. The standard InChI is InChI=1S/C17H24N2/c1-6-9-18-17-12(4)13(5)19-16-8-7-14(11(2)3)10-15(16)17/h7-8,10-11H,6,9H2,1-5H3,(H,18,19). The molecule has 0 spiro atoms. The molecular weight excluding hydrogens is 232 g/mol. The number of nitrogens with one attached hydrogen (secondary N) is 1. The zero-order valence-corrected chi connectivity index (χ0v) is 12.7. The van der Waals surface area contributed by atoms with Crippen LogP contribution in [0.5, 0.6) is 0 Å². The van der Waals surface area contributed by atoms with Gasteiger partial charge in [0.25, 0.3) is 0 Å². The molecule has 0 aliphatic carbocycles. The second-order valence-corrected chi connectivity index (χ2v) is 5.56. The van der Waals surface area contributed by atoms with Gasteiger partial charge in [-0.25, -0.2) is 0 Å². The van der Waals surface area contributed by atoms with Gasteiger partial charge in [0.1, 0.15) is 0 Å². The maximum absolute atomic E-state index is 4.70. The van der Waals surface area contributed by atoms with Crippen LogP contribution in [-0.4, -0.2) is 11.5 Å². The van der Waals surface area contributed by atoms with E-state index in [0.717, 1.165) is 24.2 Å². The molecule has 0 bridgehead atoms. The third-order valence-corrected chi connectivity index (χ3v) is 3.71. The number of rotatable bonds is 4. The van der Waals surface area contributed by atoms with Crippen LogP contribution in [0.3, 0.4) is 0 Å². The summed E-state index contributed by atoms with van der Waals surface area (Å²) >= 11 is 0. The maximum atomic E-state index is 4.70. The molecular formula is C17H24N2. The van der Waals surface area contributed by atoms with Crippen molar-refractivity contribution in [3.8, 4) is 0 Å². The van der Waals surface area contributed by atoms with Crippen molar-refractivity contribution in [2.75, 3.05) is 11.9 Å². The summed E-state index contributed by atoms with van der Waals surface area (Å²) in [6, 6.07) is 6.63. The van der Waals surface area contributed by atoms with Crippen LogP contribution < -0.4 is 5.32 Å². The summed E-state index contributed by atoms with van der Waals surface area (Å²) in [4.78, 5) is 4.70. The lowest BCUT2D eigenvalue weighted by atomic mass is 9.99. The number of anilines is 1. The predicted molar refractivity (Wildman–Crippen MR) is 84.1 cm³/mol. The van der Waals surface area contributed by atoms with E-state index in [-0.39, 0.29) is 0 Å². The third-order valence-electron chi connectivity index (χ3n) is 3.71. The zero-order valence-electron chi connectivity index (χ0n) is 12.7. The first kappa shape index (κ1) is 13.9. The molecule has 2 aromatic rings. The van der Waals surface area contributed by atoms with Crippen molar-refractivity contribution in [2.24, 2.45) is 0 Å². The lowest BCUT2D eigenvalue weighted by Gasteiger charge is -2.16. The lowest BCUT2D eigenvalue weighted by molar-refractivity contribution is 0.868. The minimum Gasteiger partial charge on any atom is -0.384 e. The monoisotopic (exact) mass is 256 g/mol. The Bertz CT molecular complexity index is 585. The van der Waals surface area contributed by atoms with E-state index in [1.54, 1.807) is 0 Å². The Balaban J connectivity index is 2.65. The van der Waals surface area contributed by atoms with Crippen molar-refractivity contribution >= 4 is 16.6 Å². The summed E-state index contributed by atoms with van der Waals surface area (Å²) < 4.78 is 0. The highest BCUT2D eigenvalue weighted by Crippen LogP contribution is 2.30. The largest absolute Gasteiger partial charge is 0.384 e. The topological polar surface area (TPSA) is 24.9 Å². The predicted octanol–water partition coefficient (Wildman–Crippen LogP) is 4.80. The molecule has 102 valence electrons. The summed E-state index contributed by atoms with van der Waals surface area (Å²) in [6.45, 7) is 11.9. The van der Waals surface area contributed by atoms with Crippen molar-refractivity contribution < 1.29 is 0 Å². The summed E-state index contributed by atoms with van der Waals surface area (Å²) in [5, 5.41) is 4.83. The van der Waals surface area contributed by atoms with Gasteiger partial charge in [0.2, 0.25) is 0 Å². The number of aromatic nitrogens is 1. The zero-order chi connectivity index (χ0) is 14.0. The van der Waals surface area contributed by atoms with Gasteiger partial charge in [0, 0.05) is 23.3 Å². The van der Waals surface area contributed by atoms with Crippen LogP contribution in [0, 0.1) is 13.8 Å². The molecule has 1 aromatic carbocycles. The van der Waals surface area contributed by atoms with Gasteiger partial charge in [-0.15, -0.1) is 0 Å². The Morgan fingerprint density at radius 3 is 2.58 bits per heavy atom. The molecule has 1 N–H and O–H groups in total. The Hall–Kier alpha value is -1.57. The maximum Gasteiger partial charge on any atom is 0.0726 e. The van der Waals surface area contributed by atoms with Crippen LogP contribution in [-0.2, 0) is 0 Å². The number of fused-ring (bicyclic) bond motifs is 1. The Labute approximate surface area is 116 Å². The molecule has 1 aromatic heterocycles. The number of benzene rings is 1. The molecule has 0 radical (unpaired) electrons. The van der Waals surface area contributed by atoms with Crippen molar-refractivity contribution in [3.63, 3.8) is 0 Å². The van der Waals surface area contributed by atoms with Gasteiger partial charge in [-0.05, 0) is 49.4 Å². The molecule has 0 unspecified atom stereocenters. The first-order valence-electron chi connectivity index (χ1n) is 7.19. The molecule has 2 rings (SSSR count). The fourth-order valence-electron chi connectivity index (χ4n) is 2.34. The van der Waals surface area contributed by atoms with Crippen LogP contribution in [0.25, 0.3) is 10.9 Å². The highest BCUT2D eigenvalue weighted by atomic mass is 14.9. The van der Waals surface area contributed by atoms with Crippen LogP contribution >= 0.6 is 0 Å². The normalized spacial score (nSPS) is 11.3. The number of hydrogen-bond acceptors (Lipinski definition) is 2. The number of hydrogen-bond donors (Lipinski definition) is 1. The molecule has 0 amide bonds. The molecule has 0 saturated carbocycles. The molecule has 0 aliphatic rings. The van der Waals surface area contributed by atoms with Gasteiger partial charge in [-0.1, -0.05) is 26.8 Å². The van der Waals surface area contributed by atoms with Gasteiger partial charge in [-0.3, -0.25) is 4.98 Å². The third kappa shape index (κ3) is 2.73. The molecule has 19 heavy (non-hydrogen) atoms. The number of pyridine rings is 1. The molecule has 0 aliphatic heterocycles. The minimum atomic E-state index is 0.546. The first-order chi connectivity index (χ1) is 9.04. The lowest BCUT2D eigenvalue weighted by Crippen LogP contribution is -2.05. The smallest absolute Gasteiger partial charge is 0.0726 e. The second kappa shape index (κ2) is 5.60. The fraction of sp³-hybridized carbons (Fsp3) is 0.471. The van der Waals surface area contributed by atoms with Gasteiger partial charge < -0.3 is 5.32 Å². The van der Waals surface area contributed by atoms with E-state index in [1.807, 2.05) is 0 Å². The van der Waals surface area contributed by atoms with E-state index in [4.69, 9.17) is 4.98 Å². The Kier molecular flexibility index (Phi) is 4.08. The van der Waals surface area contributed by atoms with E-state index in [0.29, 0.717) is 5.92 Å². The minimum absolute atomic E-state index is 0.546. The van der Waals surface area contributed by atoms with Crippen LogP contribution in [0.15, 0.2) is 18.2 Å². The van der Waals surface area contributed by atoms with Gasteiger partial charge in [-0.2, -0.15) is 0 Å². The van der Waals surface area contributed by atoms with Crippen LogP contribution in [0.4, 0.5) is 5.69 Å². The number of nitrogens with zero attached hydrogens (tertiary/aromatic N) is 1. The summed E-state index contributed by atoms with van der Waals surface area (Å²) in [7, 11) is 0. The van der Waals surface area contributed by atoms with Gasteiger partial charge in [0.15, 0.2) is 0 Å². The van der Waals surface area contributed by atoms with Gasteiger partial charge >= 0.3 is 0 Å². The van der Waals surface area contributed by atoms with Crippen molar-refractivity contribution in [3.05, 3.63) is 35.0 Å². The second-order valence-electron chi connectivity index (χ2n) is 5.56. The highest BCUT2D eigenvalue weighted by molar-refractivity contribution is 5.93. The van der Waals surface area contributed by atoms with E-state index < -0.39 is 0 Å². The van der Waals surface area contributed by atoms with E-state index in [1.165, 1.54) is 22.2 Å². The average molecular weight is 256 g/mol. The summed E-state index contributed by atoms with van der Waals surface area (Å²) in [5.74, 6) is 0.546. The fourth-order valence-corrected chi connectivity index (χ4v) is 2.34. The highest BCUT2D eigenvalue weighted by Gasteiger charge is 2.10. The van der Waals surface area contributed by atoms with E-state index >= 15 is 0 Å². The average Bonchev–Trinajstić information content (AvgIpc) is 2.39. The molecule has 0 fully saturated rings. The van der Waals surface area contributed by atoms with Crippen molar-refractivity contribution in [1.82, 2.24) is 4.98 Å². The first-order valence-corrected chi connectivity index (χ1v) is 7.19. The summed E-state index contributed by atoms with van der Waals surface area (Å²) in [6.07, 6.45) is 1.13. The SMILES string of the molecule is CCCNc1c(C)c(C)nc2ccc(C(C)C)cc12.